The fourth-order valence-electron chi connectivity index (χ4n) is 1.96. The van der Waals surface area contributed by atoms with Gasteiger partial charge in [-0.1, -0.05) is 30.3 Å². The Labute approximate surface area is 124 Å². The molecule has 0 fully saturated rings. The van der Waals surface area contributed by atoms with Crippen LogP contribution in [0.25, 0.3) is 0 Å². The Kier molecular flexibility index (Phi) is 5.72. The molecule has 0 bridgehead atoms. The Morgan fingerprint density at radius 2 is 1.81 bits per heavy atom. The van der Waals surface area contributed by atoms with Gasteiger partial charge in [0.25, 0.3) is 0 Å². The number of benzene rings is 2. The van der Waals surface area contributed by atoms with Crippen LogP contribution in [0.5, 0.6) is 11.5 Å². The summed E-state index contributed by atoms with van der Waals surface area (Å²) in [6.45, 7) is 3.77. The Balaban J connectivity index is 2.11. The first-order valence-electron chi connectivity index (χ1n) is 6.93. The quantitative estimate of drug-likeness (QED) is 0.789. The smallest absolute Gasteiger partial charge is 0.168 e. The lowest BCUT2D eigenvalue weighted by Gasteiger charge is -2.13. The lowest BCUT2D eigenvalue weighted by molar-refractivity contribution is 0.199. The van der Waals surface area contributed by atoms with Gasteiger partial charge < -0.3 is 14.8 Å². The molecule has 0 heterocycles. The number of ether oxygens (including phenoxy) is 2. The maximum Gasteiger partial charge on any atom is 0.168 e. The number of aryl methyl sites for hydroxylation is 1. The number of halogens is 1. The average molecular weight is 289 g/mol. The SMILES string of the molecule is COCCNCc1ccccc1Oc1cccc(C)c1F. The highest BCUT2D eigenvalue weighted by atomic mass is 19.1. The minimum absolute atomic E-state index is 0.249. The molecule has 4 heteroatoms. The summed E-state index contributed by atoms with van der Waals surface area (Å²) in [4.78, 5) is 0. The van der Waals surface area contributed by atoms with E-state index in [9.17, 15) is 4.39 Å². The van der Waals surface area contributed by atoms with E-state index in [-0.39, 0.29) is 11.6 Å². The predicted molar refractivity (Wildman–Crippen MR) is 81.2 cm³/mol. The maximum atomic E-state index is 14.0. The van der Waals surface area contributed by atoms with E-state index in [2.05, 4.69) is 5.32 Å². The van der Waals surface area contributed by atoms with Gasteiger partial charge in [-0.3, -0.25) is 0 Å². The van der Waals surface area contributed by atoms with Gasteiger partial charge >= 0.3 is 0 Å². The van der Waals surface area contributed by atoms with Gasteiger partial charge in [-0.05, 0) is 24.6 Å². The van der Waals surface area contributed by atoms with E-state index >= 15 is 0 Å². The summed E-state index contributed by atoms with van der Waals surface area (Å²) in [5, 5.41) is 3.26. The molecule has 0 saturated carbocycles. The molecule has 0 aromatic heterocycles. The van der Waals surface area contributed by atoms with Crippen molar-refractivity contribution in [2.24, 2.45) is 0 Å². The first kappa shape index (κ1) is 15.5. The normalized spacial score (nSPS) is 10.6. The van der Waals surface area contributed by atoms with Crippen molar-refractivity contribution in [2.75, 3.05) is 20.3 Å². The van der Waals surface area contributed by atoms with Crippen molar-refractivity contribution in [2.45, 2.75) is 13.5 Å². The Morgan fingerprint density at radius 3 is 2.62 bits per heavy atom. The molecular formula is C17H20FNO2. The van der Waals surface area contributed by atoms with Crippen molar-refractivity contribution in [3.05, 3.63) is 59.4 Å². The van der Waals surface area contributed by atoms with Gasteiger partial charge in [0.1, 0.15) is 5.75 Å². The Hall–Kier alpha value is -1.91. The van der Waals surface area contributed by atoms with Crippen LogP contribution in [0.15, 0.2) is 42.5 Å². The molecule has 3 nitrogen and oxygen atoms in total. The molecular weight excluding hydrogens is 269 g/mol. The van der Waals surface area contributed by atoms with Crippen molar-refractivity contribution >= 4 is 0 Å². The molecule has 21 heavy (non-hydrogen) atoms. The van der Waals surface area contributed by atoms with Gasteiger partial charge in [-0.15, -0.1) is 0 Å². The van der Waals surface area contributed by atoms with E-state index in [4.69, 9.17) is 9.47 Å². The van der Waals surface area contributed by atoms with Gasteiger partial charge in [-0.25, -0.2) is 4.39 Å². The summed E-state index contributed by atoms with van der Waals surface area (Å²) in [5.41, 5.74) is 1.55. The lowest BCUT2D eigenvalue weighted by Crippen LogP contribution is -2.18. The number of nitrogens with one attached hydrogen (secondary N) is 1. The Bertz CT molecular complexity index is 587. The highest BCUT2D eigenvalue weighted by Crippen LogP contribution is 2.28. The van der Waals surface area contributed by atoms with Crippen LogP contribution in [0.2, 0.25) is 0 Å². The molecule has 2 aromatic rings. The second-order valence-corrected chi connectivity index (χ2v) is 4.77. The van der Waals surface area contributed by atoms with Crippen LogP contribution in [-0.2, 0) is 11.3 Å². The lowest BCUT2D eigenvalue weighted by atomic mass is 10.2. The predicted octanol–water partition coefficient (Wildman–Crippen LogP) is 3.66. The van der Waals surface area contributed by atoms with Crippen molar-refractivity contribution < 1.29 is 13.9 Å². The van der Waals surface area contributed by atoms with E-state index in [0.29, 0.717) is 24.5 Å². The fourth-order valence-corrected chi connectivity index (χ4v) is 1.96. The van der Waals surface area contributed by atoms with Crippen molar-refractivity contribution in [1.82, 2.24) is 5.32 Å². The van der Waals surface area contributed by atoms with Gasteiger partial charge in [0.15, 0.2) is 11.6 Å². The summed E-state index contributed by atoms with van der Waals surface area (Å²) >= 11 is 0. The monoisotopic (exact) mass is 289 g/mol. The first-order chi connectivity index (χ1) is 10.2. The number of para-hydroxylation sites is 1. The number of methoxy groups -OCH3 is 1. The third-order valence-corrected chi connectivity index (χ3v) is 3.15. The zero-order chi connectivity index (χ0) is 15.1. The Morgan fingerprint density at radius 1 is 1.05 bits per heavy atom. The van der Waals surface area contributed by atoms with E-state index in [1.54, 1.807) is 32.2 Å². The van der Waals surface area contributed by atoms with Crippen molar-refractivity contribution in [3.8, 4) is 11.5 Å². The molecule has 2 rings (SSSR count). The highest BCUT2D eigenvalue weighted by Gasteiger charge is 2.09. The van der Waals surface area contributed by atoms with Gasteiger partial charge in [0, 0.05) is 25.8 Å². The van der Waals surface area contributed by atoms with Gasteiger partial charge in [-0.2, -0.15) is 0 Å². The molecule has 0 saturated heterocycles. The highest BCUT2D eigenvalue weighted by molar-refractivity contribution is 5.39. The summed E-state index contributed by atoms with van der Waals surface area (Å²) in [6, 6.07) is 12.8. The van der Waals surface area contributed by atoms with E-state index < -0.39 is 0 Å². The van der Waals surface area contributed by atoms with Crippen LogP contribution in [0.4, 0.5) is 4.39 Å². The molecule has 0 radical (unpaired) electrons. The van der Waals surface area contributed by atoms with Crippen LogP contribution in [-0.4, -0.2) is 20.3 Å². The molecule has 2 aromatic carbocycles. The third-order valence-electron chi connectivity index (χ3n) is 3.15. The second-order valence-electron chi connectivity index (χ2n) is 4.77. The van der Waals surface area contributed by atoms with Crippen molar-refractivity contribution in [3.63, 3.8) is 0 Å². The van der Waals surface area contributed by atoms with Crippen molar-refractivity contribution in [1.29, 1.82) is 0 Å². The molecule has 1 N–H and O–H groups in total. The summed E-state index contributed by atoms with van der Waals surface area (Å²) in [7, 11) is 1.67. The van der Waals surface area contributed by atoms with Gasteiger partial charge in [0.2, 0.25) is 0 Å². The minimum atomic E-state index is -0.320. The molecule has 0 spiro atoms. The molecule has 112 valence electrons. The van der Waals surface area contributed by atoms with Crippen LogP contribution >= 0.6 is 0 Å². The second kappa shape index (κ2) is 7.76. The topological polar surface area (TPSA) is 30.5 Å². The van der Waals surface area contributed by atoms with Gasteiger partial charge in [0.05, 0.1) is 6.61 Å². The molecule has 0 amide bonds. The maximum absolute atomic E-state index is 14.0. The number of hydrogen-bond donors (Lipinski definition) is 1. The van der Waals surface area contributed by atoms with E-state index in [0.717, 1.165) is 12.1 Å². The first-order valence-corrected chi connectivity index (χ1v) is 6.93. The average Bonchev–Trinajstić information content (AvgIpc) is 2.50. The molecule has 0 aliphatic carbocycles. The molecule has 0 aliphatic heterocycles. The number of rotatable bonds is 7. The zero-order valence-electron chi connectivity index (χ0n) is 12.4. The van der Waals surface area contributed by atoms with Crippen LogP contribution in [0.3, 0.4) is 0 Å². The number of hydrogen-bond acceptors (Lipinski definition) is 3. The van der Waals surface area contributed by atoms with Crippen LogP contribution < -0.4 is 10.1 Å². The minimum Gasteiger partial charge on any atom is -0.454 e. The summed E-state index contributed by atoms with van der Waals surface area (Å²) in [5.74, 6) is 0.589. The summed E-state index contributed by atoms with van der Waals surface area (Å²) < 4.78 is 24.7. The standard InChI is InChI=1S/C17H20FNO2/c1-13-6-5-9-16(17(13)18)21-15-8-4-3-7-14(15)12-19-10-11-20-2/h3-9,19H,10-12H2,1-2H3. The van der Waals surface area contributed by atoms with Crippen LogP contribution in [0.1, 0.15) is 11.1 Å². The largest absolute Gasteiger partial charge is 0.454 e. The third kappa shape index (κ3) is 4.28. The molecule has 0 unspecified atom stereocenters. The van der Waals surface area contributed by atoms with E-state index in [1.165, 1.54) is 0 Å². The molecule has 0 atom stereocenters. The van der Waals surface area contributed by atoms with Crippen LogP contribution in [0, 0.1) is 12.7 Å². The van der Waals surface area contributed by atoms with E-state index in [1.807, 2.05) is 24.3 Å². The summed E-state index contributed by atoms with van der Waals surface area (Å²) in [6.07, 6.45) is 0. The fraction of sp³-hybridized carbons (Fsp3) is 0.294. The molecule has 0 aliphatic rings. The zero-order valence-corrected chi connectivity index (χ0v) is 12.4.